The molecule has 1 amide bonds. The van der Waals surface area contributed by atoms with Gasteiger partial charge in [0.1, 0.15) is 5.82 Å². The lowest BCUT2D eigenvalue weighted by molar-refractivity contribution is -0.115. The van der Waals surface area contributed by atoms with Crippen LogP contribution in [0.1, 0.15) is 11.1 Å². The van der Waals surface area contributed by atoms with Crippen molar-refractivity contribution in [3.8, 4) is 11.1 Å². The summed E-state index contributed by atoms with van der Waals surface area (Å²) < 4.78 is 39.8. The molecule has 0 fully saturated rings. The van der Waals surface area contributed by atoms with Gasteiger partial charge >= 0.3 is 10.5 Å². The van der Waals surface area contributed by atoms with Crippen molar-refractivity contribution >= 4 is 45.1 Å². The highest BCUT2D eigenvalue weighted by molar-refractivity contribution is 7.61. The summed E-state index contributed by atoms with van der Waals surface area (Å²) in [5.74, 6) is -0.133. The number of pyridine rings is 1. The van der Waals surface area contributed by atoms with Crippen molar-refractivity contribution in [3.63, 3.8) is 0 Å². The molecule has 11 heteroatoms. The number of carbonyl (C=O) groups excluding carboxylic acids is 1. The van der Waals surface area contributed by atoms with Gasteiger partial charge in [-0.3, -0.25) is 4.79 Å². The third-order valence-electron chi connectivity index (χ3n) is 5.75. The molecule has 190 valence electrons. The Morgan fingerprint density at radius 3 is 2.42 bits per heavy atom. The average molecular weight is 529 g/mol. The molecule has 0 aliphatic rings. The summed E-state index contributed by atoms with van der Waals surface area (Å²) >= 11 is 0. The Morgan fingerprint density at radius 1 is 0.974 bits per heavy atom. The molecule has 0 aliphatic heterocycles. The monoisotopic (exact) mass is 528 g/mol. The van der Waals surface area contributed by atoms with Crippen molar-refractivity contribution in [3.05, 3.63) is 102 Å². The molecule has 0 saturated heterocycles. The van der Waals surface area contributed by atoms with Crippen LogP contribution in [0.15, 0.2) is 89.4 Å². The van der Waals surface area contributed by atoms with E-state index in [9.17, 15) is 17.6 Å². The molecule has 2 aromatic heterocycles. The van der Waals surface area contributed by atoms with E-state index in [0.29, 0.717) is 23.0 Å². The third kappa shape index (κ3) is 5.90. The number of aryl methyl sites for hydroxylation is 1. The summed E-state index contributed by atoms with van der Waals surface area (Å²) in [6.45, 7) is 1.83. The highest BCUT2D eigenvalue weighted by Crippen LogP contribution is 2.25. The van der Waals surface area contributed by atoms with Crippen molar-refractivity contribution in [1.29, 1.82) is 0 Å². The molecule has 2 heterocycles. The summed E-state index contributed by atoms with van der Waals surface area (Å²) in [6.07, 6.45) is 2.01. The van der Waals surface area contributed by atoms with Crippen LogP contribution in [0.3, 0.4) is 0 Å². The predicted octanol–water partition coefficient (Wildman–Crippen LogP) is 5.46. The second kappa shape index (κ2) is 10.6. The lowest BCUT2D eigenvalue weighted by atomic mass is 10.1. The van der Waals surface area contributed by atoms with E-state index in [4.69, 9.17) is 0 Å². The number of halogens is 1. The summed E-state index contributed by atoms with van der Waals surface area (Å²) in [5.41, 5.74) is 5.74. The van der Waals surface area contributed by atoms with Gasteiger partial charge in [-0.25, -0.2) is 8.91 Å². The zero-order valence-corrected chi connectivity index (χ0v) is 20.9. The largest absolute Gasteiger partial charge is 0.326 e. The molecule has 5 aromatic rings. The van der Waals surface area contributed by atoms with Crippen molar-refractivity contribution in [2.45, 2.75) is 13.3 Å². The molecule has 5 rings (SSSR count). The van der Waals surface area contributed by atoms with Crippen molar-refractivity contribution in [2.24, 2.45) is 4.36 Å². The van der Waals surface area contributed by atoms with Gasteiger partial charge in [0, 0.05) is 23.1 Å². The Balaban J connectivity index is 1.28. The first-order chi connectivity index (χ1) is 18.3. The van der Waals surface area contributed by atoms with Crippen LogP contribution in [0.25, 0.3) is 16.8 Å². The second-order valence-electron chi connectivity index (χ2n) is 8.52. The van der Waals surface area contributed by atoms with E-state index in [1.807, 2.05) is 49.5 Å². The van der Waals surface area contributed by atoms with Crippen LogP contribution in [-0.2, 0) is 21.7 Å². The molecular formula is C27H21FN6O3S. The quantitative estimate of drug-likeness (QED) is 0.290. The summed E-state index contributed by atoms with van der Waals surface area (Å²) in [7, 11) is -2.51. The molecule has 38 heavy (non-hydrogen) atoms. The van der Waals surface area contributed by atoms with Crippen LogP contribution in [0.2, 0.25) is 0 Å². The molecular weight excluding hydrogens is 507 g/mol. The molecule has 0 aliphatic carbocycles. The average Bonchev–Trinajstić information content (AvgIpc) is 3.29. The number of carbonyl (C=O) groups is 1. The van der Waals surface area contributed by atoms with Gasteiger partial charge in [0.05, 0.1) is 12.1 Å². The lowest BCUT2D eigenvalue weighted by Gasteiger charge is -2.07. The first kappa shape index (κ1) is 24.8. The molecule has 2 N–H and O–H groups in total. The Hall–Kier alpha value is -4.90. The first-order valence-electron chi connectivity index (χ1n) is 11.5. The number of benzene rings is 3. The summed E-state index contributed by atoms with van der Waals surface area (Å²) in [4.78, 5) is 16.8. The van der Waals surface area contributed by atoms with Crippen LogP contribution in [0.5, 0.6) is 0 Å². The van der Waals surface area contributed by atoms with Gasteiger partial charge < -0.3 is 10.6 Å². The number of hydrogen-bond donors (Lipinski definition) is 2. The van der Waals surface area contributed by atoms with E-state index in [1.54, 1.807) is 34.8 Å². The molecule has 0 atom stereocenters. The number of hydrogen-bond acceptors (Lipinski definition) is 7. The van der Waals surface area contributed by atoms with E-state index in [-0.39, 0.29) is 18.1 Å². The van der Waals surface area contributed by atoms with Gasteiger partial charge in [-0.15, -0.1) is 9.46 Å². The van der Waals surface area contributed by atoms with Crippen molar-refractivity contribution < 1.29 is 17.6 Å². The molecule has 0 unspecified atom stereocenters. The molecule has 9 nitrogen and oxygen atoms in total. The second-order valence-corrected chi connectivity index (χ2v) is 9.13. The SMILES string of the molecule is Cc1cc(N=S(=O)=O)ccc1Nc1nc2ccc(-c3ccc(NC(=O)Cc4ccc(F)cc4)cc3)cn2n1. The standard InChI is InChI=1S/C27H21FN6O3S/c1-17-14-23(33-38(36)37)11-12-24(17)30-27-31-25-13-6-20(16-34(25)32-27)19-4-9-22(10-5-19)29-26(35)15-18-2-7-21(28)8-3-18/h2-14,16H,15H2,1H3,(H,29,35)(H,30,32). The van der Waals surface area contributed by atoms with E-state index in [0.717, 1.165) is 27.9 Å². The molecule has 0 bridgehead atoms. The topological polar surface area (TPSA) is 118 Å². The fourth-order valence-electron chi connectivity index (χ4n) is 3.90. The number of rotatable bonds is 7. The Kier molecular flexibility index (Phi) is 6.92. The van der Waals surface area contributed by atoms with Crippen LogP contribution in [0, 0.1) is 12.7 Å². The fraction of sp³-hybridized carbons (Fsp3) is 0.0741. The third-order valence-corrected chi connectivity index (χ3v) is 6.11. The van der Waals surface area contributed by atoms with E-state index < -0.39 is 10.5 Å². The number of nitrogens with zero attached hydrogens (tertiary/aromatic N) is 4. The first-order valence-corrected chi connectivity index (χ1v) is 12.6. The zero-order valence-electron chi connectivity index (χ0n) is 20.1. The Morgan fingerprint density at radius 2 is 1.71 bits per heavy atom. The smallest absolute Gasteiger partial charge is 0.316 e. The highest BCUT2D eigenvalue weighted by Gasteiger charge is 2.09. The summed E-state index contributed by atoms with van der Waals surface area (Å²) in [5, 5.41) is 10.5. The minimum absolute atomic E-state index is 0.154. The van der Waals surface area contributed by atoms with Crippen LogP contribution >= 0.6 is 0 Å². The van der Waals surface area contributed by atoms with Crippen LogP contribution in [-0.4, -0.2) is 28.9 Å². The van der Waals surface area contributed by atoms with Gasteiger partial charge in [-0.1, -0.05) is 24.3 Å². The van der Waals surface area contributed by atoms with Crippen molar-refractivity contribution in [2.75, 3.05) is 10.6 Å². The zero-order chi connectivity index (χ0) is 26.6. The minimum atomic E-state index is -2.51. The number of fused-ring (bicyclic) bond motifs is 1. The maximum atomic E-state index is 13.1. The molecule has 0 radical (unpaired) electrons. The predicted molar refractivity (Wildman–Crippen MR) is 143 cm³/mol. The molecule has 0 saturated carbocycles. The van der Waals surface area contributed by atoms with Crippen molar-refractivity contribution in [1.82, 2.24) is 14.6 Å². The number of amides is 1. The van der Waals surface area contributed by atoms with Gasteiger partial charge in [0.2, 0.25) is 11.9 Å². The van der Waals surface area contributed by atoms with E-state index in [1.165, 1.54) is 12.1 Å². The lowest BCUT2D eigenvalue weighted by Crippen LogP contribution is -2.14. The normalized spacial score (nSPS) is 10.8. The maximum absolute atomic E-state index is 13.1. The Bertz CT molecular complexity index is 1770. The fourth-order valence-corrected chi connectivity index (χ4v) is 4.18. The Labute approximate surface area is 218 Å². The van der Waals surface area contributed by atoms with E-state index in [2.05, 4.69) is 25.1 Å². The maximum Gasteiger partial charge on any atom is 0.316 e. The number of anilines is 3. The minimum Gasteiger partial charge on any atom is -0.326 e. The van der Waals surface area contributed by atoms with Gasteiger partial charge in [-0.2, -0.15) is 13.4 Å². The number of aromatic nitrogens is 3. The van der Waals surface area contributed by atoms with Gasteiger partial charge in [-0.05, 0) is 78.2 Å². The molecule has 0 spiro atoms. The van der Waals surface area contributed by atoms with Crippen LogP contribution in [0.4, 0.5) is 27.4 Å². The highest BCUT2D eigenvalue weighted by atomic mass is 32.2. The number of nitrogens with one attached hydrogen (secondary N) is 2. The van der Waals surface area contributed by atoms with E-state index >= 15 is 0 Å². The van der Waals surface area contributed by atoms with Gasteiger partial charge in [0.25, 0.3) is 0 Å². The molecule has 3 aromatic carbocycles. The summed E-state index contributed by atoms with van der Waals surface area (Å²) in [6, 6.07) is 22.0. The van der Waals surface area contributed by atoms with Gasteiger partial charge in [0.15, 0.2) is 5.65 Å². The van der Waals surface area contributed by atoms with Crippen LogP contribution < -0.4 is 10.6 Å².